The number of amides is 1. The molecule has 1 heterocycles. The van der Waals surface area contributed by atoms with Crippen LogP contribution in [0.4, 0.5) is 0 Å². The number of carbonyl (C=O) groups excluding carboxylic acids is 1. The summed E-state index contributed by atoms with van der Waals surface area (Å²) in [6.45, 7) is 8.78. The third-order valence-corrected chi connectivity index (χ3v) is 6.24. The Labute approximate surface area is 151 Å². The molecule has 0 aromatic heterocycles. The molecule has 0 bridgehead atoms. The second-order valence-corrected chi connectivity index (χ2v) is 10.1. The zero-order valence-corrected chi connectivity index (χ0v) is 16.4. The van der Waals surface area contributed by atoms with Crippen molar-refractivity contribution in [1.82, 2.24) is 5.32 Å². The number of nitrogens with one attached hydrogen (secondary N) is 1. The van der Waals surface area contributed by atoms with Gasteiger partial charge in [-0.25, -0.2) is 8.42 Å². The molecule has 1 aromatic rings. The van der Waals surface area contributed by atoms with Crippen molar-refractivity contribution < 1.29 is 17.9 Å². The Morgan fingerprint density at radius 3 is 2.28 bits per heavy atom. The van der Waals surface area contributed by atoms with E-state index in [1.165, 1.54) is 0 Å². The Kier molecular flexibility index (Phi) is 6.14. The van der Waals surface area contributed by atoms with Crippen molar-refractivity contribution in [2.45, 2.75) is 46.1 Å². The smallest absolute Gasteiger partial charge is 0.223 e. The fourth-order valence-corrected chi connectivity index (χ4v) is 4.36. The van der Waals surface area contributed by atoms with Crippen LogP contribution in [-0.2, 0) is 20.2 Å². The first-order chi connectivity index (χ1) is 11.6. The highest BCUT2D eigenvalue weighted by atomic mass is 32.2. The molecule has 0 atom stereocenters. The molecule has 1 amide bonds. The zero-order valence-electron chi connectivity index (χ0n) is 15.5. The molecule has 1 aromatic carbocycles. The number of benzene rings is 1. The summed E-state index contributed by atoms with van der Waals surface area (Å²) in [5, 5.41) is 3.06. The first-order valence-electron chi connectivity index (χ1n) is 8.85. The van der Waals surface area contributed by atoms with Crippen molar-refractivity contribution in [1.29, 1.82) is 0 Å². The normalized spacial score (nSPS) is 18.1. The predicted molar refractivity (Wildman–Crippen MR) is 99.3 cm³/mol. The van der Waals surface area contributed by atoms with Crippen LogP contribution in [0.15, 0.2) is 24.3 Å². The number of hydrogen-bond donors (Lipinski definition) is 1. The molecule has 5 nitrogen and oxygen atoms in total. The monoisotopic (exact) mass is 367 g/mol. The first kappa shape index (κ1) is 19.8. The average Bonchev–Trinajstić information content (AvgIpc) is 2.52. The second kappa shape index (κ2) is 7.77. The Hall–Kier alpha value is -1.56. The molecular weight excluding hydrogens is 338 g/mol. The molecule has 1 fully saturated rings. The molecular formula is C19H29NO4S. The highest BCUT2D eigenvalue weighted by Crippen LogP contribution is 2.25. The van der Waals surface area contributed by atoms with Crippen LogP contribution in [0, 0.1) is 11.8 Å². The fourth-order valence-electron chi connectivity index (χ4n) is 2.87. The van der Waals surface area contributed by atoms with Crippen LogP contribution >= 0.6 is 0 Å². The van der Waals surface area contributed by atoms with Gasteiger partial charge >= 0.3 is 0 Å². The second-order valence-electron chi connectivity index (χ2n) is 7.77. The summed E-state index contributed by atoms with van der Waals surface area (Å²) in [5.74, 6) is 1.20. The Balaban J connectivity index is 1.97. The molecule has 0 spiro atoms. The lowest BCUT2D eigenvalue weighted by atomic mass is 9.92. The summed E-state index contributed by atoms with van der Waals surface area (Å²) in [4.78, 5) is 12.5. The van der Waals surface area contributed by atoms with Crippen molar-refractivity contribution in [2.24, 2.45) is 11.8 Å². The Bertz CT molecular complexity index is 679. The highest BCUT2D eigenvalue weighted by Gasteiger charge is 2.32. The van der Waals surface area contributed by atoms with Gasteiger partial charge < -0.3 is 10.1 Å². The molecule has 2 rings (SSSR count). The molecule has 1 aliphatic rings. The molecule has 6 heteroatoms. The first-order valence-corrected chi connectivity index (χ1v) is 10.7. The number of sulfone groups is 1. The van der Waals surface area contributed by atoms with Gasteiger partial charge in [0, 0.05) is 5.92 Å². The van der Waals surface area contributed by atoms with Crippen molar-refractivity contribution in [3.05, 3.63) is 29.8 Å². The van der Waals surface area contributed by atoms with E-state index in [0.29, 0.717) is 25.4 Å². The van der Waals surface area contributed by atoms with Crippen LogP contribution in [0.1, 0.15) is 46.1 Å². The minimum Gasteiger partial charge on any atom is -0.493 e. The number of carbonyl (C=O) groups is 1. The SMILES string of the molecule is CC(C)COc1ccc(C(C)(C)NC(=O)C2CCS(=O)(=O)CC2)cc1. The van der Waals surface area contributed by atoms with Gasteiger partial charge in [-0.1, -0.05) is 26.0 Å². The molecule has 0 radical (unpaired) electrons. The summed E-state index contributed by atoms with van der Waals surface area (Å²) in [5.41, 5.74) is 0.463. The van der Waals surface area contributed by atoms with Gasteiger partial charge in [-0.05, 0) is 50.3 Å². The fraction of sp³-hybridized carbons (Fsp3) is 0.632. The van der Waals surface area contributed by atoms with Crippen molar-refractivity contribution in [2.75, 3.05) is 18.1 Å². The largest absolute Gasteiger partial charge is 0.493 e. The summed E-state index contributed by atoms with van der Waals surface area (Å²) < 4.78 is 28.7. The minimum atomic E-state index is -2.96. The lowest BCUT2D eigenvalue weighted by molar-refractivity contribution is -0.127. The van der Waals surface area contributed by atoms with E-state index in [4.69, 9.17) is 4.74 Å². The topological polar surface area (TPSA) is 72.5 Å². The lowest BCUT2D eigenvalue weighted by Gasteiger charge is -2.30. The molecule has 0 unspecified atom stereocenters. The average molecular weight is 368 g/mol. The van der Waals surface area contributed by atoms with E-state index < -0.39 is 15.4 Å². The summed E-state index contributed by atoms with van der Waals surface area (Å²) in [6, 6.07) is 7.75. The molecule has 140 valence electrons. The molecule has 0 aliphatic carbocycles. The van der Waals surface area contributed by atoms with Crippen LogP contribution in [0.5, 0.6) is 5.75 Å². The molecule has 1 saturated heterocycles. The maximum atomic E-state index is 12.5. The van der Waals surface area contributed by atoms with Gasteiger partial charge in [-0.15, -0.1) is 0 Å². The van der Waals surface area contributed by atoms with Gasteiger partial charge in [-0.2, -0.15) is 0 Å². The van der Waals surface area contributed by atoms with Crippen LogP contribution < -0.4 is 10.1 Å². The third kappa shape index (κ3) is 5.73. The molecule has 1 aliphatic heterocycles. The summed E-state index contributed by atoms with van der Waals surface area (Å²) >= 11 is 0. The van der Waals surface area contributed by atoms with Crippen LogP contribution in [-0.4, -0.2) is 32.4 Å². The van der Waals surface area contributed by atoms with Crippen LogP contribution in [0.2, 0.25) is 0 Å². The van der Waals surface area contributed by atoms with E-state index in [9.17, 15) is 13.2 Å². The lowest BCUT2D eigenvalue weighted by Crippen LogP contribution is -2.45. The number of rotatable bonds is 6. The van der Waals surface area contributed by atoms with Crippen LogP contribution in [0.25, 0.3) is 0 Å². The van der Waals surface area contributed by atoms with Gasteiger partial charge in [0.1, 0.15) is 15.6 Å². The van der Waals surface area contributed by atoms with E-state index in [-0.39, 0.29) is 23.3 Å². The Morgan fingerprint density at radius 1 is 1.20 bits per heavy atom. The highest BCUT2D eigenvalue weighted by molar-refractivity contribution is 7.91. The van der Waals surface area contributed by atoms with Gasteiger partial charge in [0.05, 0.1) is 23.7 Å². The van der Waals surface area contributed by atoms with Gasteiger partial charge in [0.15, 0.2) is 0 Å². The quantitative estimate of drug-likeness (QED) is 0.839. The number of hydrogen-bond acceptors (Lipinski definition) is 4. The van der Waals surface area contributed by atoms with E-state index >= 15 is 0 Å². The molecule has 1 N–H and O–H groups in total. The maximum absolute atomic E-state index is 12.5. The van der Waals surface area contributed by atoms with E-state index in [1.807, 2.05) is 38.1 Å². The van der Waals surface area contributed by atoms with Crippen molar-refractivity contribution in [3.8, 4) is 5.75 Å². The third-order valence-electron chi connectivity index (χ3n) is 4.52. The van der Waals surface area contributed by atoms with E-state index in [2.05, 4.69) is 19.2 Å². The van der Waals surface area contributed by atoms with Crippen molar-refractivity contribution in [3.63, 3.8) is 0 Å². The standard InChI is InChI=1S/C19H29NO4S/c1-14(2)13-24-17-7-5-16(6-8-17)19(3,4)20-18(21)15-9-11-25(22,23)12-10-15/h5-8,14-15H,9-13H2,1-4H3,(H,20,21). The summed E-state index contributed by atoms with van der Waals surface area (Å²) in [6.07, 6.45) is 0.818. The predicted octanol–water partition coefficient (Wildman–Crippen LogP) is 2.90. The van der Waals surface area contributed by atoms with Gasteiger partial charge in [0.25, 0.3) is 0 Å². The van der Waals surface area contributed by atoms with Crippen molar-refractivity contribution >= 4 is 15.7 Å². The Morgan fingerprint density at radius 2 is 1.76 bits per heavy atom. The zero-order chi connectivity index (χ0) is 18.7. The van der Waals surface area contributed by atoms with Gasteiger partial charge in [-0.3, -0.25) is 4.79 Å². The maximum Gasteiger partial charge on any atom is 0.223 e. The van der Waals surface area contributed by atoms with Gasteiger partial charge in [0.2, 0.25) is 5.91 Å². The molecule has 0 saturated carbocycles. The van der Waals surface area contributed by atoms with E-state index in [1.54, 1.807) is 0 Å². The molecule has 25 heavy (non-hydrogen) atoms. The number of ether oxygens (including phenoxy) is 1. The van der Waals surface area contributed by atoms with E-state index in [0.717, 1.165) is 11.3 Å². The minimum absolute atomic E-state index is 0.0694. The van der Waals surface area contributed by atoms with Crippen LogP contribution in [0.3, 0.4) is 0 Å². The summed E-state index contributed by atoms with van der Waals surface area (Å²) in [7, 11) is -2.96.